The van der Waals surface area contributed by atoms with Crippen LogP contribution in [0.1, 0.15) is 12.8 Å². The fourth-order valence-corrected chi connectivity index (χ4v) is 1.18. The molecule has 13 heavy (non-hydrogen) atoms. The van der Waals surface area contributed by atoms with Crippen LogP contribution < -0.4 is 51.4 Å². The molecule has 0 saturated carbocycles. The van der Waals surface area contributed by atoms with Gasteiger partial charge in [0.1, 0.15) is 5.82 Å². The van der Waals surface area contributed by atoms with Gasteiger partial charge in [-0.2, -0.15) is 0 Å². The molecule has 0 aliphatic carbocycles. The maximum atomic E-state index is 4.16. The maximum Gasteiger partial charge on any atom is 1.00 e. The Kier molecular flexibility index (Phi) is 4.91. The van der Waals surface area contributed by atoms with Crippen LogP contribution in [0.15, 0.2) is 42.7 Å². The summed E-state index contributed by atoms with van der Waals surface area (Å²) in [6.45, 7) is 0. The minimum Gasteiger partial charge on any atom is -1.00 e. The summed E-state index contributed by atoms with van der Waals surface area (Å²) in [7, 11) is 0. The van der Waals surface area contributed by atoms with Crippen molar-refractivity contribution in [2.24, 2.45) is 0 Å². The van der Waals surface area contributed by atoms with Gasteiger partial charge in [0.2, 0.25) is 0 Å². The van der Waals surface area contributed by atoms with E-state index >= 15 is 0 Å². The maximum absolute atomic E-state index is 4.16. The first-order valence-corrected chi connectivity index (χ1v) is 3.97. The SMILES string of the molecule is [H-].[K+].c1ccc(Cc2ncc[nH]2)cc1. The summed E-state index contributed by atoms with van der Waals surface area (Å²) in [5.74, 6) is 1.02. The van der Waals surface area contributed by atoms with Crippen LogP contribution >= 0.6 is 0 Å². The molecule has 0 aliphatic heterocycles. The topological polar surface area (TPSA) is 28.7 Å². The molecule has 3 heteroatoms. The van der Waals surface area contributed by atoms with Crippen LogP contribution in [-0.4, -0.2) is 9.97 Å². The van der Waals surface area contributed by atoms with E-state index in [0.717, 1.165) is 12.2 Å². The van der Waals surface area contributed by atoms with Gasteiger partial charge in [-0.3, -0.25) is 0 Å². The number of hydrogen-bond acceptors (Lipinski definition) is 1. The summed E-state index contributed by atoms with van der Waals surface area (Å²) in [6, 6.07) is 10.3. The van der Waals surface area contributed by atoms with Gasteiger partial charge in [0.15, 0.2) is 0 Å². The molecule has 2 aromatic rings. The summed E-state index contributed by atoms with van der Waals surface area (Å²) >= 11 is 0. The Balaban J connectivity index is 0.000000845. The van der Waals surface area contributed by atoms with Crippen molar-refractivity contribution in [3.8, 4) is 0 Å². The first-order valence-electron chi connectivity index (χ1n) is 3.97. The van der Waals surface area contributed by atoms with Crippen LogP contribution in [0.5, 0.6) is 0 Å². The van der Waals surface area contributed by atoms with E-state index in [9.17, 15) is 0 Å². The number of hydrogen-bond donors (Lipinski definition) is 1. The largest absolute Gasteiger partial charge is 1.00 e. The first kappa shape index (κ1) is 11.1. The molecule has 0 amide bonds. The van der Waals surface area contributed by atoms with Crippen LogP contribution in [0, 0.1) is 0 Å². The van der Waals surface area contributed by atoms with Gasteiger partial charge in [0.25, 0.3) is 0 Å². The third-order valence-corrected chi connectivity index (χ3v) is 1.77. The Morgan fingerprint density at radius 1 is 1.23 bits per heavy atom. The summed E-state index contributed by atoms with van der Waals surface area (Å²) in [5, 5.41) is 0. The van der Waals surface area contributed by atoms with Gasteiger partial charge < -0.3 is 6.41 Å². The second-order valence-electron chi connectivity index (χ2n) is 2.70. The fraction of sp³-hybridized carbons (Fsp3) is 0.100. The molecule has 2 nitrogen and oxygen atoms in total. The second kappa shape index (κ2) is 5.72. The van der Waals surface area contributed by atoms with E-state index in [1.807, 2.05) is 24.4 Å². The van der Waals surface area contributed by atoms with Gasteiger partial charge in [-0.25, -0.2) is 4.98 Å². The number of imidazole rings is 1. The molecular formula is C10H11KN2. The van der Waals surface area contributed by atoms with Crippen LogP contribution in [0.4, 0.5) is 0 Å². The van der Waals surface area contributed by atoms with Crippen molar-refractivity contribution in [3.63, 3.8) is 0 Å². The van der Waals surface area contributed by atoms with Crippen molar-refractivity contribution in [2.45, 2.75) is 6.42 Å². The number of benzene rings is 1. The third-order valence-electron chi connectivity index (χ3n) is 1.77. The molecule has 2 rings (SSSR count). The Morgan fingerprint density at radius 3 is 2.62 bits per heavy atom. The molecule has 0 atom stereocenters. The average Bonchev–Trinajstić information content (AvgIpc) is 2.59. The van der Waals surface area contributed by atoms with Crippen molar-refractivity contribution in [1.82, 2.24) is 9.97 Å². The number of H-pyrrole nitrogens is 1. The predicted molar refractivity (Wildman–Crippen MR) is 48.9 cm³/mol. The van der Waals surface area contributed by atoms with E-state index in [4.69, 9.17) is 0 Å². The molecule has 0 unspecified atom stereocenters. The van der Waals surface area contributed by atoms with Gasteiger partial charge in [-0.1, -0.05) is 30.3 Å². The second-order valence-corrected chi connectivity index (χ2v) is 2.70. The minimum atomic E-state index is 0. The Morgan fingerprint density at radius 2 is 2.00 bits per heavy atom. The quantitative estimate of drug-likeness (QED) is 0.624. The van der Waals surface area contributed by atoms with Crippen LogP contribution in [0.2, 0.25) is 0 Å². The van der Waals surface area contributed by atoms with Crippen molar-refractivity contribution < 1.29 is 52.8 Å². The van der Waals surface area contributed by atoms with Crippen LogP contribution in [0.25, 0.3) is 0 Å². The molecule has 1 aromatic heterocycles. The Bertz CT molecular complexity index is 334. The molecule has 1 heterocycles. The van der Waals surface area contributed by atoms with Gasteiger partial charge in [-0.05, 0) is 5.56 Å². The predicted octanol–water partition coefficient (Wildman–Crippen LogP) is -0.883. The minimum absolute atomic E-state index is 0. The standard InChI is InChI=1S/C10H10N2.K.H/c1-2-4-9(5-3-1)8-10-11-6-7-12-10;;/h1-7H,8H2,(H,11,12);;/q;+1;-1. The monoisotopic (exact) mass is 198 g/mol. The van der Waals surface area contributed by atoms with E-state index in [-0.39, 0.29) is 52.8 Å². The zero-order valence-electron chi connectivity index (χ0n) is 8.70. The van der Waals surface area contributed by atoms with E-state index in [1.54, 1.807) is 6.20 Å². The number of aromatic nitrogens is 2. The Labute approximate surface area is 122 Å². The van der Waals surface area contributed by atoms with E-state index in [2.05, 4.69) is 22.1 Å². The van der Waals surface area contributed by atoms with Gasteiger partial charge in [-0.15, -0.1) is 0 Å². The molecule has 1 aromatic carbocycles. The van der Waals surface area contributed by atoms with Crippen molar-refractivity contribution >= 4 is 0 Å². The van der Waals surface area contributed by atoms with E-state index in [1.165, 1.54) is 5.56 Å². The molecule has 0 saturated heterocycles. The average molecular weight is 198 g/mol. The number of rotatable bonds is 2. The molecule has 1 N–H and O–H groups in total. The smallest absolute Gasteiger partial charge is 1.00 e. The molecule has 0 radical (unpaired) electrons. The number of nitrogens with one attached hydrogen (secondary N) is 1. The molecule has 0 bridgehead atoms. The fourth-order valence-electron chi connectivity index (χ4n) is 1.18. The van der Waals surface area contributed by atoms with Crippen LogP contribution in [0.3, 0.4) is 0 Å². The van der Waals surface area contributed by atoms with E-state index < -0.39 is 0 Å². The summed E-state index contributed by atoms with van der Waals surface area (Å²) in [5.41, 5.74) is 1.28. The zero-order chi connectivity index (χ0) is 8.23. The normalized spacial score (nSPS) is 9.23. The van der Waals surface area contributed by atoms with Gasteiger partial charge in [0, 0.05) is 18.8 Å². The number of aromatic amines is 1. The summed E-state index contributed by atoms with van der Waals surface area (Å²) in [6.07, 6.45) is 4.50. The molecule has 0 spiro atoms. The first-order chi connectivity index (χ1) is 5.95. The van der Waals surface area contributed by atoms with Crippen LogP contribution in [-0.2, 0) is 6.42 Å². The molecule has 62 valence electrons. The number of nitrogens with zero attached hydrogens (tertiary/aromatic N) is 1. The zero-order valence-corrected chi connectivity index (χ0v) is 10.8. The summed E-state index contributed by atoms with van der Waals surface area (Å²) < 4.78 is 0. The van der Waals surface area contributed by atoms with Crippen molar-refractivity contribution in [1.29, 1.82) is 0 Å². The molecule has 0 fully saturated rings. The molecular weight excluding hydrogens is 187 g/mol. The van der Waals surface area contributed by atoms with Crippen molar-refractivity contribution in [3.05, 3.63) is 54.1 Å². The third kappa shape index (κ3) is 3.36. The van der Waals surface area contributed by atoms with E-state index in [0.29, 0.717) is 0 Å². The Hall–Kier alpha value is 0.0664. The molecule has 0 aliphatic rings. The van der Waals surface area contributed by atoms with Crippen molar-refractivity contribution in [2.75, 3.05) is 0 Å². The van der Waals surface area contributed by atoms with Gasteiger partial charge >= 0.3 is 51.4 Å². The summed E-state index contributed by atoms with van der Waals surface area (Å²) in [4.78, 5) is 7.23. The van der Waals surface area contributed by atoms with Gasteiger partial charge in [0.05, 0.1) is 0 Å².